The van der Waals surface area contributed by atoms with Gasteiger partial charge in [0.15, 0.2) is 0 Å². The minimum absolute atomic E-state index is 0.327. The highest BCUT2D eigenvalue weighted by atomic mass is 35.5. The number of carbonyl (C=O) groups excluding carboxylic acids is 1. The normalized spacial score (nSPS) is 12.3. The number of esters is 1. The van der Waals surface area contributed by atoms with Crippen LogP contribution in [-0.2, 0) is 9.53 Å². The van der Waals surface area contributed by atoms with Crippen molar-refractivity contribution >= 4 is 17.6 Å². The monoisotopic (exact) mass is 257 g/mol. The second-order valence-corrected chi connectivity index (χ2v) is 4.08. The van der Waals surface area contributed by atoms with Crippen LogP contribution in [0.2, 0.25) is 5.02 Å². The SMILES string of the molecule is CCOC(=O)C(Oc1ccc(Cl)cc1)N(C)C. The standard InChI is InChI=1S/C12H16ClNO3/c1-4-16-12(15)11(14(2)3)17-10-7-5-9(13)6-8-10/h5-8,11H,4H2,1-3H3. The molecule has 4 nitrogen and oxygen atoms in total. The Kier molecular flexibility index (Phi) is 5.25. The van der Waals surface area contributed by atoms with Gasteiger partial charge in [-0.15, -0.1) is 0 Å². The summed E-state index contributed by atoms with van der Waals surface area (Å²) in [5.41, 5.74) is 0. The number of hydrogen-bond acceptors (Lipinski definition) is 4. The fourth-order valence-electron chi connectivity index (χ4n) is 1.22. The third-order valence-electron chi connectivity index (χ3n) is 2.02. The smallest absolute Gasteiger partial charge is 0.363 e. The summed E-state index contributed by atoms with van der Waals surface area (Å²) in [6, 6.07) is 6.82. The zero-order valence-corrected chi connectivity index (χ0v) is 10.9. The van der Waals surface area contributed by atoms with Crippen molar-refractivity contribution in [3.05, 3.63) is 29.3 Å². The molecular weight excluding hydrogens is 242 g/mol. The molecule has 0 spiro atoms. The highest BCUT2D eigenvalue weighted by Crippen LogP contribution is 2.17. The van der Waals surface area contributed by atoms with Gasteiger partial charge in [0.1, 0.15) is 5.75 Å². The minimum atomic E-state index is -0.754. The van der Waals surface area contributed by atoms with Gasteiger partial charge in [-0.1, -0.05) is 11.6 Å². The number of likely N-dealkylation sites (N-methyl/N-ethyl adjacent to an activating group) is 1. The molecule has 1 aromatic carbocycles. The molecule has 0 aliphatic heterocycles. The second kappa shape index (κ2) is 6.47. The van der Waals surface area contributed by atoms with E-state index < -0.39 is 12.2 Å². The summed E-state index contributed by atoms with van der Waals surface area (Å²) in [5.74, 6) is 0.161. The van der Waals surface area contributed by atoms with Crippen molar-refractivity contribution in [1.29, 1.82) is 0 Å². The molecule has 0 aliphatic carbocycles. The fourth-order valence-corrected chi connectivity index (χ4v) is 1.35. The number of carbonyl (C=O) groups is 1. The van der Waals surface area contributed by atoms with Crippen molar-refractivity contribution in [3.8, 4) is 5.75 Å². The van der Waals surface area contributed by atoms with Crippen LogP contribution in [0.25, 0.3) is 0 Å². The maximum Gasteiger partial charge on any atom is 0.363 e. The molecule has 0 saturated heterocycles. The van der Waals surface area contributed by atoms with Crippen LogP contribution >= 0.6 is 11.6 Å². The van der Waals surface area contributed by atoms with E-state index in [1.165, 1.54) is 0 Å². The maximum absolute atomic E-state index is 11.6. The van der Waals surface area contributed by atoms with E-state index in [0.717, 1.165) is 0 Å². The van der Waals surface area contributed by atoms with Crippen molar-refractivity contribution in [3.63, 3.8) is 0 Å². The molecule has 17 heavy (non-hydrogen) atoms. The molecule has 0 bridgehead atoms. The van der Waals surface area contributed by atoms with Crippen molar-refractivity contribution in [2.75, 3.05) is 20.7 Å². The highest BCUT2D eigenvalue weighted by molar-refractivity contribution is 6.30. The third kappa shape index (κ3) is 4.24. The fraction of sp³-hybridized carbons (Fsp3) is 0.417. The molecule has 94 valence electrons. The van der Waals surface area contributed by atoms with Gasteiger partial charge in [0.25, 0.3) is 6.23 Å². The van der Waals surface area contributed by atoms with E-state index in [-0.39, 0.29) is 0 Å². The number of nitrogens with zero attached hydrogens (tertiary/aromatic N) is 1. The van der Waals surface area contributed by atoms with Crippen LogP contribution in [0.4, 0.5) is 0 Å². The van der Waals surface area contributed by atoms with Crippen molar-refractivity contribution < 1.29 is 14.3 Å². The first-order valence-electron chi connectivity index (χ1n) is 5.30. The predicted molar refractivity (Wildman–Crippen MR) is 66.2 cm³/mol. The summed E-state index contributed by atoms with van der Waals surface area (Å²) >= 11 is 5.77. The molecule has 1 atom stereocenters. The maximum atomic E-state index is 11.6. The highest BCUT2D eigenvalue weighted by Gasteiger charge is 2.23. The van der Waals surface area contributed by atoms with E-state index >= 15 is 0 Å². The molecule has 0 aromatic heterocycles. The molecule has 1 unspecified atom stereocenters. The van der Waals surface area contributed by atoms with Crippen molar-refractivity contribution in [1.82, 2.24) is 4.90 Å². The Bertz CT molecular complexity index is 365. The Balaban J connectivity index is 2.73. The van der Waals surface area contributed by atoms with Gasteiger partial charge in [0, 0.05) is 5.02 Å². The summed E-state index contributed by atoms with van der Waals surface area (Å²) in [6.45, 7) is 2.08. The molecule has 0 saturated carbocycles. The van der Waals surface area contributed by atoms with E-state index in [1.54, 1.807) is 50.2 Å². The largest absolute Gasteiger partial charge is 0.464 e. The number of hydrogen-bond donors (Lipinski definition) is 0. The van der Waals surface area contributed by atoms with E-state index in [2.05, 4.69) is 0 Å². The molecule has 0 amide bonds. The zero-order chi connectivity index (χ0) is 12.8. The number of rotatable bonds is 5. The van der Waals surface area contributed by atoms with Gasteiger partial charge >= 0.3 is 5.97 Å². The molecular formula is C12H16ClNO3. The van der Waals surface area contributed by atoms with Crippen LogP contribution in [0.5, 0.6) is 5.75 Å². The van der Waals surface area contributed by atoms with Crippen LogP contribution in [0.15, 0.2) is 24.3 Å². The summed E-state index contributed by atoms with van der Waals surface area (Å²) in [5, 5.41) is 0.620. The Morgan fingerprint density at radius 1 is 1.35 bits per heavy atom. The molecule has 0 heterocycles. The lowest BCUT2D eigenvalue weighted by Crippen LogP contribution is -2.41. The predicted octanol–water partition coefficient (Wildman–Crippen LogP) is 2.17. The van der Waals surface area contributed by atoms with Crippen molar-refractivity contribution in [2.24, 2.45) is 0 Å². The first kappa shape index (κ1) is 13.8. The number of ether oxygens (including phenoxy) is 2. The Morgan fingerprint density at radius 3 is 2.41 bits per heavy atom. The first-order valence-corrected chi connectivity index (χ1v) is 5.67. The Hall–Kier alpha value is -1.26. The van der Waals surface area contributed by atoms with Crippen LogP contribution < -0.4 is 4.74 Å². The lowest BCUT2D eigenvalue weighted by molar-refractivity contribution is -0.158. The minimum Gasteiger partial charge on any atom is -0.464 e. The van der Waals surface area contributed by atoms with E-state index in [0.29, 0.717) is 17.4 Å². The second-order valence-electron chi connectivity index (χ2n) is 3.64. The van der Waals surface area contributed by atoms with Crippen LogP contribution in [-0.4, -0.2) is 37.8 Å². The quantitative estimate of drug-likeness (QED) is 0.599. The number of benzene rings is 1. The van der Waals surface area contributed by atoms with Crippen LogP contribution in [0.3, 0.4) is 0 Å². The van der Waals surface area contributed by atoms with Gasteiger partial charge < -0.3 is 9.47 Å². The molecule has 1 aromatic rings. The third-order valence-corrected chi connectivity index (χ3v) is 2.27. The lowest BCUT2D eigenvalue weighted by Gasteiger charge is -2.23. The molecule has 0 N–H and O–H groups in total. The van der Waals surface area contributed by atoms with E-state index in [9.17, 15) is 4.79 Å². The van der Waals surface area contributed by atoms with Gasteiger partial charge in [-0.3, -0.25) is 4.90 Å². The van der Waals surface area contributed by atoms with Crippen LogP contribution in [0, 0.1) is 0 Å². The number of halogens is 1. The van der Waals surface area contributed by atoms with Gasteiger partial charge in [-0.2, -0.15) is 0 Å². The molecule has 5 heteroatoms. The average Bonchev–Trinajstić information content (AvgIpc) is 2.28. The van der Waals surface area contributed by atoms with Gasteiger partial charge in [0.05, 0.1) is 6.61 Å². The Labute approximate surface area is 106 Å². The molecule has 0 radical (unpaired) electrons. The lowest BCUT2D eigenvalue weighted by atomic mass is 10.3. The average molecular weight is 258 g/mol. The van der Waals surface area contributed by atoms with Gasteiger partial charge in [0.2, 0.25) is 0 Å². The summed E-state index contributed by atoms with van der Waals surface area (Å²) in [6.07, 6.45) is -0.754. The molecule has 1 rings (SSSR count). The zero-order valence-electron chi connectivity index (χ0n) is 10.1. The summed E-state index contributed by atoms with van der Waals surface area (Å²) in [4.78, 5) is 13.3. The van der Waals surface area contributed by atoms with Crippen molar-refractivity contribution in [2.45, 2.75) is 13.2 Å². The van der Waals surface area contributed by atoms with Gasteiger partial charge in [-0.05, 0) is 45.3 Å². The molecule has 0 fully saturated rings. The van der Waals surface area contributed by atoms with Crippen LogP contribution in [0.1, 0.15) is 6.92 Å². The first-order chi connectivity index (χ1) is 8.04. The molecule has 0 aliphatic rings. The Morgan fingerprint density at radius 2 is 1.94 bits per heavy atom. The van der Waals surface area contributed by atoms with E-state index in [1.807, 2.05) is 0 Å². The topological polar surface area (TPSA) is 38.8 Å². The van der Waals surface area contributed by atoms with E-state index in [4.69, 9.17) is 21.1 Å². The van der Waals surface area contributed by atoms with Gasteiger partial charge in [-0.25, -0.2) is 4.79 Å². The summed E-state index contributed by atoms with van der Waals surface area (Å²) in [7, 11) is 3.50. The summed E-state index contributed by atoms with van der Waals surface area (Å²) < 4.78 is 10.5.